The van der Waals surface area contributed by atoms with Gasteiger partial charge in [0.2, 0.25) is 10.0 Å². The highest BCUT2D eigenvalue weighted by Crippen LogP contribution is 2.29. The molecule has 1 aliphatic rings. The summed E-state index contributed by atoms with van der Waals surface area (Å²) in [5.74, 6) is 5.33. The topological polar surface area (TPSA) is 119 Å². The molecule has 0 amide bonds. The molecule has 116 valence electrons. The molecule has 1 fully saturated rings. The van der Waals surface area contributed by atoms with Gasteiger partial charge >= 0.3 is 0 Å². The number of benzene rings is 1. The van der Waals surface area contributed by atoms with Crippen LogP contribution in [0, 0.1) is 10.1 Å². The highest BCUT2D eigenvalue weighted by atomic mass is 32.2. The summed E-state index contributed by atoms with van der Waals surface area (Å²) in [6.45, 7) is 0.851. The first-order valence-corrected chi connectivity index (χ1v) is 8.16. The molecule has 9 heteroatoms. The van der Waals surface area contributed by atoms with E-state index in [-0.39, 0.29) is 16.3 Å². The van der Waals surface area contributed by atoms with Gasteiger partial charge in [0.1, 0.15) is 4.90 Å². The third kappa shape index (κ3) is 3.31. The zero-order valence-electron chi connectivity index (χ0n) is 11.5. The number of non-ortho nitro benzene ring substituents is 1. The van der Waals surface area contributed by atoms with E-state index in [4.69, 9.17) is 5.84 Å². The van der Waals surface area contributed by atoms with Crippen LogP contribution in [-0.4, -0.2) is 30.7 Å². The fraction of sp³-hybridized carbons (Fsp3) is 0.500. The van der Waals surface area contributed by atoms with Gasteiger partial charge < -0.3 is 5.43 Å². The number of nitro groups is 1. The summed E-state index contributed by atoms with van der Waals surface area (Å²) in [4.78, 5) is 10.1. The Labute approximate surface area is 123 Å². The van der Waals surface area contributed by atoms with Crippen LogP contribution >= 0.6 is 0 Å². The van der Waals surface area contributed by atoms with Gasteiger partial charge in [-0.05, 0) is 18.9 Å². The molecule has 0 unspecified atom stereocenters. The van der Waals surface area contributed by atoms with Crippen molar-refractivity contribution in [2.75, 3.05) is 18.5 Å². The molecule has 1 saturated heterocycles. The second-order valence-electron chi connectivity index (χ2n) is 4.90. The monoisotopic (exact) mass is 314 g/mol. The molecule has 0 aliphatic carbocycles. The normalized spacial score (nSPS) is 17.2. The van der Waals surface area contributed by atoms with Crippen molar-refractivity contribution in [3.8, 4) is 0 Å². The molecular weight excluding hydrogens is 296 g/mol. The minimum atomic E-state index is -3.80. The van der Waals surface area contributed by atoms with E-state index in [0.717, 1.165) is 31.7 Å². The Balaban J connectivity index is 2.46. The number of rotatable bonds is 4. The predicted octanol–water partition coefficient (Wildman–Crippen LogP) is 1.45. The molecule has 1 aromatic rings. The third-order valence-corrected chi connectivity index (χ3v) is 5.45. The fourth-order valence-electron chi connectivity index (χ4n) is 2.38. The van der Waals surface area contributed by atoms with Crippen LogP contribution in [0.4, 0.5) is 11.4 Å². The highest BCUT2D eigenvalue weighted by Gasteiger charge is 2.29. The number of nitrogen functional groups attached to an aromatic ring is 1. The molecule has 0 aromatic heterocycles. The van der Waals surface area contributed by atoms with Crippen LogP contribution < -0.4 is 11.3 Å². The van der Waals surface area contributed by atoms with Gasteiger partial charge in [-0.25, -0.2) is 8.42 Å². The molecule has 3 N–H and O–H groups in total. The summed E-state index contributed by atoms with van der Waals surface area (Å²) >= 11 is 0. The highest BCUT2D eigenvalue weighted by molar-refractivity contribution is 7.89. The molecule has 21 heavy (non-hydrogen) atoms. The number of sulfonamides is 1. The first-order valence-electron chi connectivity index (χ1n) is 6.72. The molecular formula is C12H18N4O4S. The molecule has 0 spiro atoms. The minimum absolute atomic E-state index is 0.152. The van der Waals surface area contributed by atoms with E-state index in [0.29, 0.717) is 13.1 Å². The van der Waals surface area contributed by atoms with E-state index < -0.39 is 14.9 Å². The van der Waals surface area contributed by atoms with Crippen LogP contribution in [0.25, 0.3) is 0 Å². The van der Waals surface area contributed by atoms with Crippen LogP contribution in [0.1, 0.15) is 25.7 Å². The van der Waals surface area contributed by atoms with Crippen molar-refractivity contribution in [3.63, 3.8) is 0 Å². The second kappa shape index (κ2) is 6.37. The first kappa shape index (κ1) is 15.7. The Morgan fingerprint density at radius 1 is 1.19 bits per heavy atom. The number of anilines is 1. The first-order chi connectivity index (χ1) is 9.96. The van der Waals surface area contributed by atoms with Crippen molar-refractivity contribution in [3.05, 3.63) is 28.3 Å². The Morgan fingerprint density at radius 2 is 1.81 bits per heavy atom. The standard InChI is InChI=1S/C12H18N4O4S/c13-14-11-6-5-10(16(17)18)9-12(11)21(19,20)15-7-3-1-2-4-8-15/h5-6,9,14H,1-4,7-8,13H2. The van der Waals surface area contributed by atoms with Gasteiger partial charge in [0.15, 0.2) is 0 Å². The molecule has 0 bridgehead atoms. The van der Waals surface area contributed by atoms with Gasteiger partial charge in [-0.15, -0.1) is 0 Å². The van der Waals surface area contributed by atoms with Crippen LogP contribution in [-0.2, 0) is 10.0 Å². The quantitative estimate of drug-likeness (QED) is 0.493. The lowest BCUT2D eigenvalue weighted by molar-refractivity contribution is -0.385. The number of nitrogens with two attached hydrogens (primary N) is 1. The summed E-state index contributed by atoms with van der Waals surface area (Å²) in [5.41, 5.74) is 2.18. The lowest BCUT2D eigenvalue weighted by Gasteiger charge is -2.21. The maximum Gasteiger partial charge on any atom is 0.270 e. The van der Waals surface area contributed by atoms with E-state index in [1.54, 1.807) is 0 Å². The van der Waals surface area contributed by atoms with Gasteiger partial charge in [0, 0.05) is 25.2 Å². The predicted molar refractivity (Wildman–Crippen MR) is 78.1 cm³/mol. The van der Waals surface area contributed by atoms with Gasteiger partial charge in [-0.2, -0.15) is 4.31 Å². The number of hydrazine groups is 1. The van der Waals surface area contributed by atoms with Crippen molar-refractivity contribution in [1.82, 2.24) is 4.31 Å². The minimum Gasteiger partial charge on any atom is -0.323 e. The van der Waals surface area contributed by atoms with Gasteiger partial charge in [-0.3, -0.25) is 16.0 Å². The Bertz CT molecular complexity index is 624. The average Bonchev–Trinajstić information content (AvgIpc) is 2.76. The SMILES string of the molecule is NNc1ccc([N+](=O)[O-])cc1S(=O)(=O)N1CCCCCC1. The van der Waals surface area contributed by atoms with Gasteiger partial charge in [-0.1, -0.05) is 12.8 Å². The Hall–Kier alpha value is -1.71. The van der Waals surface area contributed by atoms with Crippen LogP contribution in [0.2, 0.25) is 0 Å². The summed E-state index contributed by atoms with van der Waals surface area (Å²) in [6, 6.07) is 3.58. The van der Waals surface area contributed by atoms with Gasteiger partial charge in [0.05, 0.1) is 10.6 Å². The number of nitrogens with zero attached hydrogens (tertiary/aromatic N) is 2. The molecule has 1 aromatic carbocycles. The lowest BCUT2D eigenvalue weighted by atomic mass is 10.2. The van der Waals surface area contributed by atoms with Crippen LogP contribution in [0.15, 0.2) is 23.1 Å². The molecule has 0 saturated carbocycles. The Kier molecular flexibility index (Phi) is 4.76. The van der Waals surface area contributed by atoms with Crippen molar-refractivity contribution in [2.45, 2.75) is 30.6 Å². The molecule has 0 atom stereocenters. The molecule has 1 aliphatic heterocycles. The van der Waals surface area contributed by atoms with E-state index in [1.807, 2.05) is 0 Å². The number of hydrogen-bond donors (Lipinski definition) is 2. The third-order valence-electron chi connectivity index (χ3n) is 3.51. The van der Waals surface area contributed by atoms with E-state index in [2.05, 4.69) is 5.43 Å². The second-order valence-corrected chi connectivity index (χ2v) is 6.81. The number of nitro benzene ring substituents is 1. The smallest absolute Gasteiger partial charge is 0.270 e. The zero-order chi connectivity index (χ0) is 15.5. The van der Waals surface area contributed by atoms with Crippen molar-refractivity contribution in [1.29, 1.82) is 0 Å². The lowest BCUT2D eigenvalue weighted by Crippen LogP contribution is -2.32. The van der Waals surface area contributed by atoms with Crippen LogP contribution in [0.5, 0.6) is 0 Å². The van der Waals surface area contributed by atoms with E-state index in [9.17, 15) is 18.5 Å². The fourth-order valence-corrected chi connectivity index (χ4v) is 4.07. The zero-order valence-corrected chi connectivity index (χ0v) is 12.3. The summed E-state index contributed by atoms with van der Waals surface area (Å²) < 4.78 is 26.8. The summed E-state index contributed by atoms with van der Waals surface area (Å²) in [6.07, 6.45) is 3.56. The maximum absolute atomic E-state index is 12.7. The Morgan fingerprint density at radius 3 is 2.33 bits per heavy atom. The summed E-state index contributed by atoms with van der Waals surface area (Å²) in [5, 5.41) is 10.9. The van der Waals surface area contributed by atoms with E-state index in [1.165, 1.54) is 16.4 Å². The van der Waals surface area contributed by atoms with Crippen molar-refractivity contribution >= 4 is 21.4 Å². The summed E-state index contributed by atoms with van der Waals surface area (Å²) in [7, 11) is -3.80. The molecule has 1 heterocycles. The average molecular weight is 314 g/mol. The van der Waals surface area contributed by atoms with Crippen molar-refractivity contribution in [2.24, 2.45) is 5.84 Å². The molecule has 2 rings (SSSR count). The largest absolute Gasteiger partial charge is 0.323 e. The van der Waals surface area contributed by atoms with E-state index >= 15 is 0 Å². The van der Waals surface area contributed by atoms with Crippen molar-refractivity contribution < 1.29 is 13.3 Å². The van der Waals surface area contributed by atoms with Crippen LogP contribution in [0.3, 0.4) is 0 Å². The molecule has 0 radical (unpaired) electrons. The number of nitrogens with one attached hydrogen (secondary N) is 1. The number of hydrogen-bond acceptors (Lipinski definition) is 6. The molecule has 8 nitrogen and oxygen atoms in total. The van der Waals surface area contributed by atoms with Gasteiger partial charge in [0.25, 0.3) is 5.69 Å². The maximum atomic E-state index is 12.7.